The lowest BCUT2D eigenvalue weighted by Gasteiger charge is -2.48. The Hall–Kier alpha value is -0.830. The van der Waals surface area contributed by atoms with Crippen molar-refractivity contribution in [2.45, 2.75) is 18.9 Å². The smallest absolute Gasteiger partial charge is 0.166 e. The number of nitrogens with zero attached hydrogens (tertiary/aromatic N) is 1. The molecule has 3 saturated heterocycles. The fourth-order valence-corrected chi connectivity index (χ4v) is 3.26. The zero-order valence-electron chi connectivity index (χ0n) is 11.5. The van der Waals surface area contributed by atoms with E-state index in [-0.39, 0.29) is 0 Å². The van der Waals surface area contributed by atoms with Gasteiger partial charge in [0.1, 0.15) is 0 Å². The zero-order chi connectivity index (χ0) is 13.7. The van der Waals surface area contributed by atoms with Crippen LogP contribution in [-0.2, 0) is 4.74 Å². The number of ether oxygens (including phenoxy) is 1. The maximum Gasteiger partial charge on any atom is 0.166 e. The minimum absolute atomic E-state index is 0.455. The Morgan fingerprint density at radius 2 is 2.37 bits per heavy atom. The van der Waals surface area contributed by atoms with Crippen molar-refractivity contribution in [1.29, 1.82) is 0 Å². The van der Waals surface area contributed by atoms with E-state index in [1.165, 1.54) is 19.4 Å². The third kappa shape index (κ3) is 3.82. The molecule has 3 rings (SSSR count). The van der Waals surface area contributed by atoms with Crippen LogP contribution in [0.25, 0.3) is 0 Å². The first-order valence-electron chi connectivity index (χ1n) is 6.95. The molecule has 0 spiro atoms. The summed E-state index contributed by atoms with van der Waals surface area (Å²) >= 11 is 5.24. The number of nitrogens with one attached hydrogen (secondary N) is 2. The Kier molecular flexibility index (Phi) is 5.44. The van der Waals surface area contributed by atoms with E-state index in [4.69, 9.17) is 23.4 Å². The van der Waals surface area contributed by atoms with Gasteiger partial charge in [-0.15, -0.1) is 12.3 Å². The van der Waals surface area contributed by atoms with Crippen molar-refractivity contribution in [1.82, 2.24) is 15.5 Å². The van der Waals surface area contributed by atoms with E-state index in [2.05, 4.69) is 21.5 Å². The van der Waals surface area contributed by atoms with E-state index in [1.54, 1.807) is 7.11 Å². The number of thiocarbonyl (C=S) groups is 1. The SMILES string of the molecule is C#C[C@H]1CN2CC[C@@H]1C[C@@H]2CNC(=S)NCCOC. The molecule has 0 aromatic heterocycles. The summed E-state index contributed by atoms with van der Waals surface area (Å²) in [5.41, 5.74) is 0. The van der Waals surface area contributed by atoms with Crippen molar-refractivity contribution < 1.29 is 4.74 Å². The van der Waals surface area contributed by atoms with Gasteiger partial charge in [0, 0.05) is 38.7 Å². The monoisotopic (exact) mass is 281 g/mol. The van der Waals surface area contributed by atoms with Gasteiger partial charge in [-0.1, -0.05) is 0 Å². The van der Waals surface area contributed by atoms with Crippen LogP contribution >= 0.6 is 12.2 Å². The zero-order valence-corrected chi connectivity index (χ0v) is 12.3. The maximum atomic E-state index is 5.59. The van der Waals surface area contributed by atoms with E-state index in [1.807, 2.05) is 0 Å². The van der Waals surface area contributed by atoms with Gasteiger partial charge in [0.05, 0.1) is 6.61 Å². The van der Waals surface area contributed by atoms with Gasteiger partial charge in [-0.2, -0.15) is 0 Å². The summed E-state index contributed by atoms with van der Waals surface area (Å²) < 4.78 is 4.97. The van der Waals surface area contributed by atoms with Gasteiger partial charge < -0.3 is 15.4 Å². The van der Waals surface area contributed by atoms with Crippen molar-refractivity contribution >= 4 is 17.3 Å². The summed E-state index contributed by atoms with van der Waals surface area (Å²) in [7, 11) is 1.69. The highest BCUT2D eigenvalue weighted by molar-refractivity contribution is 7.80. The minimum atomic E-state index is 0.455. The third-order valence-corrected chi connectivity index (χ3v) is 4.47. The van der Waals surface area contributed by atoms with E-state index >= 15 is 0 Å². The number of hydrogen-bond acceptors (Lipinski definition) is 3. The van der Waals surface area contributed by atoms with Gasteiger partial charge in [0.25, 0.3) is 0 Å². The number of terminal acetylenes is 1. The van der Waals surface area contributed by atoms with Crippen molar-refractivity contribution in [3.63, 3.8) is 0 Å². The molecule has 3 fully saturated rings. The quantitative estimate of drug-likeness (QED) is 0.434. The Morgan fingerprint density at radius 3 is 3.00 bits per heavy atom. The number of hydrogen-bond donors (Lipinski definition) is 2. The molecule has 0 radical (unpaired) electrons. The standard InChI is InChI=1S/C14H23N3OS/c1-3-11-10-17-6-4-12(11)8-13(17)9-16-14(19)15-5-7-18-2/h1,11-13H,4-10H2,2H3,(H2,15,16,19)/t11-,12+,13+/m0/s1. The van der Waals surface area contributed by atoms with Crippen molar-refractivity contribution in [3.8, 4) is 12.3 Å². The van der Waals surface area contributed by atoms with Gasteiger partial charge in [-0.3, -0.25) is 4.90 Å². The predicted molar refractivity (Wildman–Crippen MR) is 80.9 cm³/mol. The fraction of sp³-hybridized carbons (Fsp3) is 0.786. The molecule has 0 aliphatic carbocycles. The van der Waals surface area contributed by atoms with Crippen LogP contribution in [0.2, 0.25) is 0 Å². The molecular weight excluding hydrogens is 258 g/mol. The van der Waals surface area contributed by atoms with Crippen LogP contribution < -0.4 is 10.6 Å². The summed E-state index contributed by atoms with van der Waals surface area (Å²) in [6.45, 7) is 4.56. The van der Waals surface area contributed by atoms with Gasteiger partial charge in [0.15, 0.2) is 5.11 Å². The fourth-order valence-electron chi connectivity index (χ4n) is 3.08. The summed E-state index contributed by atoms with van der Waals surface area (Å²) in [5, 5.41) is 7.15. The van der Waals surface area contributed by atoms with Gasteiger partial charge >= 0.3 is 0 Å². The highest BCUT2D eigenvalue weighted by atomic mass is 32.1. The van der Waals surface area contributed by atoms with Crippen LogP contribution in [0, 0.1) is 24.2 Å². The predicted octanol–water partition coefficient (Wildman–Crippen LogP) is 0.441. The molecule has 5 heteroatoms. The molecule has 4 nitrogen and oxygen atoms in total. The normalized spacial score (nSPS) is 32.6. The second-order valence-corrected chi connectivity index (χ2v) is 5.74. The molecule has 2 bridgehead atoms. The molecule has 0 aromatic rings. The van der Waals surface area contributed by atoms with Gasteiger partial charge in [-0.05, 0) is 37.5 Å². The minimum Gasteiger partial charge on any atom is -0.383 e. The summed E-state index contributed by atoms with van der Waals surface area (Å²) in [5.74, 6) is 4.10. The molecule has 106 valence electrons. The number of fused-ring (bicyclic) bond motifs is 3. The van der Waals surface area contributed by atoms with E-state index < -0.39 is 0 Å². The average molecular weight is 281 g/mol. The molecule has 3 aliphatic rings. The molecule has 0 amide bonds. The van der Waals surface area contributed by atoms with Crippen LogP contribution in [-0.4, -0.2) is 55.9 Å². The molecule has 19 heavy (non-hydrogen) atoms. The maximum absolute atomic E-state index is 5.59. The highest BCUT2D eigenvalue weighted by Crippen LogP contribution is 2.35. The number of methoxy groups -OCH3 is 1. The summed E-state index contributed by atoms with van der Waals surface area (Å²) in [6.07, 6.45) is 8.04. The first-order chi connectivity index (χ1) is 9.24. The molecule has 4 atom stereocenters. The van der Waals surface area contributed by atoms with Crippen molar-refractivity contribution in [3.05, 3.63) is 0 Å². The largest absolute Gasteiger partial charge is 0.383 e. The molecular formula is C14H23N3OS. The lowest BCUT2D eigenvalue weighted by atomic mass is 9.76. The Balaban J connectivity index is 1.70. The van der Waals surface area contributed by atoms with Crippen LogP contribution in [0.3, 0.4) is 0 Å². The topological polar surface area (TPSA) is 36.5 Å². The summed E-state index contributed by atoms with van der Waals surface area (Å²) in [6, 6.07) is 0.575. The Morgan fingerprint density at radius 1 is 1.53 bits per heavy atom. The third-order valence-electron chi connectivity index (χ3n) is 4.18. The average Bonchev–Trinajstić information content (AvgIpc) is 2.46. The second-order valence-electron chi connectivity index (χ2n) is 5.34. The first kappa shape index (κ1) is 14.6. The van der Waals surface area contributed by atoms with Crippen LogP contribution in [0.5, 0.6) is 0 Å². The van der Waals surface area contributed by atoms with E-state index in [0.717, 1.165) is 19.6 Å². The van der Waals surface area contributed by atoms with Gasteiger partial charge in [-0.25, -0.2) is 0 Å². The van der Waals surface area contributed by atoms with Crippen LogP contribution in [0.4, 0.5) is 0 Å². The first-order valence-corrected chi connectivity index (χ1v) is 7.36. The van der Waals surface area contributed by atoms with Crippen LogP contribution in [0.1, 0.15) is 12.8 Å². The molecule has 1 unspecified atom stereocenters. The molecule has 0 aromatic carbocycles. The lowest BCUT2D eigenvalue weighted by molar-refractivity contribution is 0.0248. The van der Waals surface area contributed by atoms with Gasteiger partial charge in [0.2, 0.25) is 0 Å². The second kappa shape index (κ2) is 7.09. The Labute approximate surface area is 121 Å². The van der Waals surface area contributed by atoms with Crippen molar-refractivity contribution in [2.24, 2.45) is 11.8 Å². The van der Waals surface area contributed by atoms with E-state index in [9.17, 15) is 0 Å². The molecule has 3 heterocycles. The lowest BCUT2D eigenvalue weighted by Crippen LogP contribution is -2.57. The van der Waals surface area contributed by atoms with E-state index in [0.29, 0.717) is 29.6 Å². The number of rotatable bonds is 5. The van der Waals surface area contributed by atoms with Crippen LogP contribution in [0.15, 0.2) is 0 Å². The molecule has 0 saturated carbocycles. The number of piperidine rings is 3. The van der Waals surface area contributed by atoms with Crippen molar-refractivity contribution in [2.75, 3.05) is 39.9 Å². The highest BCUT2D eigenvalue weighted by Gasteiger charge is 2.38. The summed E-state index contributed by atoms with van der Waals surface area (Å²) in [4.78, 5) is 2.51. The molecule has 2 N–H and O–H groups in total. The Bertz CT molecular complexity index is 355. The molecule has 3 aliphatic heterocycles.